The Bertz CT molecular complexity index is 953. The van der Waals surface area contributed by atoms with Crippen LogP contribution in [0.5, 0.6) is 0 Å². The molecule has 0 radical (unpaired) electrons. The zero-order valence-electron chi connectivity index (χ0n) is 15.2. The van der Waals surface area contributed by atoms with Gasteiger partial charge < -0.3 is 4.74 Å². The number of ether oxygens (including phenoxy) is 1. The third kappa shape index (κ3) is 2.92. The average molecular weight is 434 g/mol. The van der Waals surface area contributed by atoms with Crippen LogP contribution in [0.4, 0.5) is 0 Å². The second kappa shape index (κ2) is 6.67. The molecule has 29 heavy (non-hydrogen) atoms. The number of carbonyl (C=O) groups is 4. The standard InChI is InChI=1S/C21H17Cl2NO5/c22-9-1-2-12(15(23)5-9)16(25)8-29-17(26)7-24-20(27)18-10-3-4-11(14-6-13(10)14)19(18)21(24)28/h1-5,10-11,13-14,18-19H,6-8H2/t10-,11-,13-,14-,18-,19+/m0/s1. The Labute approximate surface area is 176 Å². The molecule has 0 unspecified atom stereocenters. The summed E-state index contributed by atoms with van der Waals surface area (Å²) in [7, 11) is 0. The molecule has 6 nitrogen and oxygen atoms in total. The van der Waals surface area contributed by atoms with Gasteiger partial charge in [0.1, 0.15) is 6.54 Å². The molecule has 6 rings (SSSR count). The number of hydrogen-bond acceptors (Lipinski definition) is 5. The SMILES string of the molecule is O=C(CN1C(=O)[C@@H]2[C@H]3C=C[C@@H]([C@@H]4C[C@@H]34)[C@@H]2C1=O)OCC(=O)c1ccc(Cl)cc1Cl. The number of halogens is 2. The van der Waals surface area contributed by atoms with Crippen molar-refractivity contribution in [1.29, 1.82) is 0 Å². The lowest BCUT2D eigenvalue weighted by atomic mass is 9.63. The molecule has 3 fully saturated rings. The molecule has 1 aliphatic heterocycles. The number of likely N-dealkylation sites (tertiary alicyclic amines) is 1. The van der Waals surface area contributed by atoms with E-state index in [2.05, 4.69) is 12.2 Å². The molecule has 1 heterocycles. The molecule has 2 amide bonds. The number of allylic oxidation sites excluding steroid dienone is 2. The van der Waals surface area contributed by atoms with Gasteiger partial charge in [0, 0.05) is 10.6 Å². The maximum Gasteiger partial charge on any atom is 0.326 e. The second-order valence-corrected chi connectivity index (χ2v) is 8.97. The Hall–Kier alpha value is -2.18. The Morgan fingerprint density at radius 3 is 2.24 bits per heavy atom. The lowest BCUT2D eigenvalue weighted by molar-refractivity contribution is -0.152. The van der Waals surface area contributed by atoms with E-state index >= 15 is 0 Å². The lowest BCUT2D eigenvalue weighted by Gasteiger charge is -2.37. The van der Waals surface area contributed by atoms with Gasteiger partial charge >= 0.3 is 5.97 Å². The van der Waals surface area contributed by atoms with Crippen molar-refractivity contribution in [3.63, 3.8) is 0 Å². The first-order valence-corrected chi connectivity index (χ1v) is 10.3. The number of amides is 2. The van der Waals surface area contributed by atoms with Crippen molar-refractivity contribution in [2.24, 2.45) is 35.5 Å². The summed E-state index contributed by atoms with van der Waals surface area (Å²) in [5.74, 6) is -1.41. The molecule has 0 N–H and O–H groups in total. The van der Waals surface area contributed by atoms with Crippen LogP contribution in [0.15, 0.2) is 30.4 Å². The van der Waals surface area contributed by atoms with Crippen LogP contribution in [-0.2, 0) is 19.1 Å². The maximum absolute atomic E-state index is 12.8. The minimum Gasteiger partial charge on any atom is -0.456 e. The normalized spacial score (nSPS) is 33.5. The molecule has 4 aliphatic carbocycles. The fourth-order valence-corrected chi connectivity index (χ4v) is 5.80. The predicted molar refractivity (Wildman–Crippen MR) is 103 cm³/mol. The van der Waals surface area contributed by atoms with E-state index in [1.54, 1.807) is 0 Å². The van der Waals surface area contributed by atoms with Crippen molar-refractivity contribution in [3.05, 3.63) is 46.0 Å². The quantitative estimate of drug-likeness (QED) is 0.308. The highest BCUT2D eigenvalue weighted by molar-refractivity contribution is 6.36. The van der Waals surface area contributed by atoms with Gasteiger partial charge in [0.2, 0.25) is 17.6 Å². The summed E-state index contributed by atoms with van der Waals surface area (Å²) in [5, 5.41) is 0.547. The van der Waals surface area contributed by atoms with E-state index in [0.29, 0.717) is 16.9 Å². The van der Waals surface area contributed by atoms with Crippen molar-refractivity contribution in [2.75, 3.05) is 13.2 Å². The number of esters is 1. The number of imide groups is 1. The molecule has 8 heteroatoms. The number of hydrogen-bond donors (Lipinski definition) is 0. The zero-order valence-corrected chi connectivity index (χ0v) is 16.7. The molecule has 1 aromatic rings. The highest BCUT2D eigenvalue weighted by Gasteiger charge is 2.67. The van der Waals surface area contributed by atoms with Gasteiger partial charge in [-0.05, 0) is 48.3 Å². The summed E-state index contributed by atoms with van der Waals surface area (Å²) in [6.45, 7) is -0.999. The topological polar surface area (TPSA) is 80.8 Å². The Morgan fingerprint density at radius 2 is 1.66 bits per heavy atom. The second-order valence-electron chi connectivity index (χ2n) is 8.13. The minimum atomic E-state index is -0.797. The molecule has 0 aromatic heterocycles. The number of Topliss-reactive ketones (excluding diaryl/α,β-unsaturated/α-hetero) is 1. The summed E-state index contributed by atoms with van der Waals surface area (Å²) in [6, 6.07) is 4.39. The number of benzene rings is 1. The van der Waals surface area contributed by atoms with E-state index in [1.807, 2.05) is 0 Å². The summed E-state index contributed by atoms with van der Waals surface area (Å²) in [6.07, 6.45) is 5.22. The van der Waals surface area contributed by atoms with E-state index in [9.17, 15) is 19.2 Å². The van der Waals surface area contributed by atoms with Gasteiger partial charge in [0.25, 0.3) is 0 Å². The predicted octanol–water partition coefficient (Wildman–Crippen LogP) is 2.77. The molecule has 1 aromatic carbocycles. The summed E-state index contributed by atoms with van der Waals surface area (Å²) in [5.41, 5.74) is 0.185. The van der Waals surface area contributed by atoms with Crippen molar-refractivity contribution in [2.45, 2.75) is 6.42 Å². The highest BCUT2D eigenvalue weighted by atomic mass is 35.5. The van der Waals surface area contributed by atoms with E-state index in [0.717, 1.165) is 11.3 Å². The highest BCUT2D eigenvalue weighted by Crippen LogP contribution is 2.65. The Morgan fingerprint density at radius 1 is 1.03 bits per heavy atom. The van der Waals surface area contributed by atoms with Gasteiger partial charge in [0.15, 0.2) is 6.61 Å². The van der Waals surface area contributed by atoms with Crippen LogP contribution in [0.25, 0.3) is 0 Å². The first kappa shape index (κ1) is 18.8. The minimum absolute atomic E-state index is 0.0982. The van der Waals surface area contributed by atoms with E-state index in [-0.39, 0.29) is 46.1 Å². The van der Waals surface area contributed by atoms with Gasteiger partial charge in [-0.3, -0.25) is 24.1 Å². The fraction of sp³-hybridized carbons (Fsp3) is 0.429. The molecule has 2 bridgehead atoms. The van der Waals surface area contributed by atoms with E-state index in [4.69, 9.17) is 27.9 Å². The largest absolute Gasteiger partial charge is 0.456 e. The van der Waals surface area contributed by atoms with Gasteiger partial charge in [-0.15, -0.1) is 0 Å². The molecule has 1 saturated heterocycles. The van der Waals surface area contributed by atoms with Crippen LogP contribution in [0.3, 0.4) is 0 Å². The van der Waals surface area contributed by atoms with E-state index < -0.39 is 24.9 Å². The van der Waals surface area contributed by atoms with Crippen LogP contribution in [-0.4, -0.2) is 41.6 Å². The molecule has 2 saturated carbocycles. The summed E-state index contributed by atoms with van der Waals surface area (Å²) in [4.78, 5) is 51.2. The van der Waals surface area contributed by atoms with Crippen molar-refractivity contribution >= 4 is 46.8 Å². The first-order chi connectivity index (χ1) is 13.9. The number of ketones is 1. The molecular weight excluding hydrogens is 417 g/mol. The maximum atomic E-state index is 12.8. The van der Waals surface area contributed by atoms with Crippen molar-refractivity contribution in [1.82, 2.24) is 4.90 Å². The van der Waals surface area contributed by atoms with Gasteiger partial charge in [-0.25, -0.2) is 0 Å². The number of nitrogens with zero attached hydrogens (tertiary/aromatic N) is 1. The van der Waals surface area contributed by atoms with Gasteiger partial charge in [-0.2, -0.15) is 0 Å². The zero-order chi connectivity index (χ0) is 20.4. The fourth-order valence-electron chi connectivity index (χ4n) is 5.29. The number of rotatable bonds is 5. The molecule has 6 atom stereocenters. The Kier molecular flexibility index (Phi) is 4.33. The smallest absolute Gasteiger partial charge is 0.326 e. The number of carbonyl (C=O) groups excluding carboxylic acids is 4. The van der Waals surface area contributed by atoms with Crippen LogP contribution in [0, 0.1) is 35.5 Å². The van der Waals surface area contributed by atoms with E-state index in [1.165, 1.54) is 18.2 Å². The molecular formula is C21H17Cl2NO5. The van der Waals surface area contributed by atoms with Crippen LogP contribution < -0.4 is 0 Å². The molecule has 150 valence electrons. The van der Waals surface area contributed by atoms with Gasteiger partial charge in [0.05, 0.1) is 16.9 Å². The van der Waals surface area contributed by atoms with Crippen molar-refractivity contribution < 1.29 is 23.9 Å². The van der Waals surface area contributed by atoms with Crippen LogP contribution >= 0.6 is 23.2 Å². The molecule has 5 aliphatic rings. The molecule has 0 spiro atoms. The van der Waals surface area contributed by atoms with Crippen LogP contribution in [0.2, 0.25) is 10.0 Å². The third-order valence-corrected chi connectivity index (χ3v) is 7.18. The summed E-state index contributed by atoms with van der Waals surface area (Å²) < 4.78 is 5.01. The monoisotopic (exact) mass is 433 g/mol. The first-order valence-electron chi connectivity index (χ1n) is 9.54. The Balaban J connectivity index is 1.22. The lowest BCUT2D eigenvalue weighted by Crippen LogP contribution is -2.40. The summed E-state index contributed by atoms with van der Waals surface area (Å²) >= 11 is 11.8. The van der Waals surface area contributed by atoms with Crippen LogP contribution in [0.1, 0.15) is 16.8 Å². The van der Waals surface area contributed by atoms with Gasteiger partial charge in [-0.1, -0.05) is 35.4 Å². The average Bonchev–Trinajstić information content (AvgIpc) is 3.47. The van der Waals surface area contributed by atoms with Crippen molar-refractivity contribution in [3.8, 4) is 0 Å². The third-order valence-electron chi connectivity index (χ3n) is 6.64.